The van der Waals surface area contributed by atoms with Crippen LogP contribution in [0.1, 0.15) is 84.0 Å². The fourth-order valence-electron chi connectivity index (χ4n) is 3.96. The number of carbonyl (C=O) groups excluding carboxylic acids is 1. The average Bonchev–Trinajstić information content (AvgIpc) is 2.81. The van der Waals surface area contributed by atoms with Crippen molar-refractivity contribution in [3.63, 3.8) is 0 Å². The Morgan fingerprint density at radius 1 is 1.04 bits per heavy atom. The summed E-state index contributed by atoms with van der Waals surface area (Å²) in [4.78, 5) is 22.7. The highest BCUT2D eigenvalue weighted by atomic mass is 16.4. The summed E-state index contributed by atoms with van der Waals surface area (Å²) in [5, 5.41) is 38.1. The summed E-state index contributed by atoms with van der Waals surface area (Å²) in [6, 6.07) is 0. The SMILES string of the molecule is C[C@@H](O)CCC[C@@H](O)CC[C@H]1[C@H](O)CC(=O)[C@@H]1CCCCCCC(=O)O. The molecule has 0 radical (unpaired) electrons. The summed E-state index contributed by atoms with van der Waals surface area (Å²) in [6.45, 7) is 1.74. The lowest BCUT2D eigenvalue weighted by Crippen LogP contribution is -2.22. The maximum Gasteiger partial charge on any atom is 0.303 e. The van der Waals surface area contributed by atoms with Gasteiger partial charge in [-0.15, -0.1) is 0 Å². The molecule has 1 aliphatic carbocycles. The van der Waals surface area contributed by atoms with E-state index in [1.807, 2.05) is 0 Å². The first kappa shape index (κ1) is 23.1. The lowest BCUT2D eigenvalue weighted by Gasteiger charge is -2.22. The van der Waals surface area contributed by atoms with E-state index in [2.05, 4.69) is 0 Å². The van der Waals surface area contributed by atoms with Gasteiger partial charge in [-0.2, -0.15) is 0 Å². The summed E-state index contributed by atoms with van der Waals surface area (Å²) in [6.07, 6.45) is 6.32. The van der Waals surface area contributed by atoms with Crippen molar-refractivity contribution in [2.75, 3.05) is 0 Å². The molecule has 152 valence electrons. The van der Waals surface area contributed by atoms with Crippen molar-refractivity contribution in [2.45, 2.75) is 102 Å². The van der Waals surface area contributed by atoms with Crippen molar-refractivity contribution < 1.29 is 30.0 Å². The van der Waals surface area contributed by atoms with Crippen LogP contribution in [0.25, 0.3) is 0 Å². The van der Waals surface area contributed by atoms with Crippen LogP contribution < -0.4 is 0 Å². The topological polar surface area (TPSA) is 115 Å². The molecule has 0 aromatic rings. The molecule has 5 atom stereocenters. The molecular weight excluding hydrogens is 336 g/mol. The Labute approximate surface area is 156 Å². The number of aliphatic hydroxyl groups excluding tert-OH is 3. The maximum absolute atomic E-state index is 12.2. The first-order valence-corrected chi connectivity index (χ1v) is 10.1. The first-order valence-electron chi connectivity index (χ1n) is 10.1. The minimum Gasteiger partial charge on any atom is -0.481 e. The standard InChI is InChI=1S/C20H36O6/c1-14(21)7-6-8-15(22)11-12-17-16(18(23)13-19(17)24)9-4-2-3-5-10-20(25)26/h14-17,19,21-22,24H,2-13H2,1H3,(H,25,26)/t14-,15-,16-,17-,19-/m1/s1. The third kappa shape index (κ3) is 9.10. The van der Waals surface area contributed by atoms with Crippen LogP contribution in [0.4, 0.5) is 0 Å². The molecule has 1 rings (SSSR count). The van der Waals surface area contributed by atoms with E-state index < -0.39 is 18.2 Å². The van der Waals surface area contributed by atoms with Gasteiger partial charge in [0.15, 0.2) is 0 Å². The lowest BCUT2D eigenvalue weighted by molar-refractivity contribution is -0.137. The number of ketones is 1. The number of aliphatic hydroxyl groups is 3. The fraction of sp³-hybridized carbons (Fsp3) is 0.900. The summed E-state index contributed by atoms with van der Waals surface area (Å²) < 4.78 is 0. The zero-order valence-electron chi connectivity index (χ0n) is 16.0. The van der Waals surface area contributed by atoms with Crippen LogP contribution in [-0.2, 0) is 9.59 Å². The molecule has 0 aromatic heterocycles. The third-order valence-corrected chi connectivity index (χ3v) is 5.48. The van der Waals surface area contributed by atoms with Gasteiger partial charge in [-0.25, -0.2) is 0 Å². The summed E-state index contributed by atoms with van der Waals surface area (Å²) in [7, 11) is 0. The van der Waals surface area contributed by atoms with Crippen LogP contribution in [0, 0.1) is 11.8 Å². The average molecular weight is 373 g/mol. The second kappa shape index (κ2) is 12.4. The molecule has 0 spiro atoms. The van der Waals surface area contributed by atoms with Crippen molar-refractivity contribution >= 4 is 11.8 Å². The molecule has 1 fully saturated rings. The molecule has 0 unspecified atom stereocenters. The molecule has 6 nitrogen and oxygen atoms in total. The van der Waals surface area contributed by atoms with Crippen molar-refractivity contribution in [3.8, 4) is 0 Å². The van der Waals surface area contributed by atoms with Crippen molar-refractivity contribution in [2.24, 2.45) is 11.8 Å². The Morgan fingerprint density at radius 3 is 2.38 bits per heavy atom. The fourth-order valence-corrected chi connectivity index (χ4v) is 3.96. The molecule has 6 heteroatoms. The number of carbonyl (C=O) groups is 2. The zero-order chi connectivity index (χ0) is 19.5. The minimum atomic E-state index is -0.772. The number of hydrogen-bond acceptors (Lipinski definition) is 5. The molecule has 0 saturated heterocycles. The minimum absolute atomic E-state index is 0.0760. The van der Waals surface area contributed by atoms with Gasteiger partial charge in [-0.3, -0.25) is 9.59 Å². The van der Waals surface area contributed by atoms with Crippen LogP contribution in [0.2, 0.25) is 0 Å². The number of hydrogen-bond donors (Lipinski definition) is 4. The maximum atomic E-state index is 12.2. The Bertz CT molecular complexity index is 423. The Balaban J connectivity index is 2.30. The number of carboxylic acids is 1. The number of aliphatic carboxylic acids is 1. The van der Waals surface area contributed by atoms with Gasteiger partial charge in [0.25, 0.3) is 0 Å². The number of rotatable bonds is 14. The van der Waals surface area contributed by atoms with Gasteiger partial charge in [-0.1, -0.05) is 19.3 Å². The van der Waals surface area contributed by atoms with Crippen LogP contribution >= 0.6 is 0 Å². The van der Waals surface area contributed by atoms with Gasteiger partial charge in [-0.05, 0) is 57.8 Å². The molecule has 1 aliphatic rings. The number of Topliss-reactive ketones (excluding diaryl/α,β-unsaturated/α-hetero) is 1. The van der Waals surface area contributed by atoms with E-state index in [1.54, 1.807) is 6.92 Å². The predicted molar refractivity (Wildman–Crippen MR) is 98.7 cm³/mol. The van der Waals surface area contributed by atoms with Gasteiger partial charge < -0.3 is 20.4 Å². The Kier molecular flexibility index (Phi) is 11.0. The molecular formula is C20H36O6. The quantitative estimate of drug-likeness (QED) is 0.349. The summed E-state index contributed by atoms with van der Waals surface area (Å²) in [5.74, 6) is -0.857. The molecule has 0 aromatic carbocycles. The zero-order valence-corrected chi connectivity index (χ0v) is 16.0. The van der Waals surface area contributed by atoms with Crippen molar-refractivity contribution in [1.82, 2.24) is 0 Å². The monoisotopic (exact) mass is 372 g/mol. The summed E-state index contributed by atoms with van der Waals surface area (Å²) in [5.41, 5.74) is 0. The van der Waals surface area contributed by atoms with Gasteiger partial charge in [0.2, 0.25) is 0 Å². The molecule has 0 heterocycles. The summed E-state index contributed by atoms with van der Waals surface area (Å²) >= 11 is 0. The molecule has 0 amide bonds. The third-order valence-electron chi connectivity index (χ3n) is 5.48. The first-order chi connectivity index (χ1) is 12.3. The smallest absolute Gasteiger partial charge is 0.303 e. The molecule has 0 aliphatic heterocycles. The number of carboxylic acid groups (broad SMARTS) is 1. The van der Waals surface area contributed by atoms with Gasteiger partial charge in [0.05, 0.1) is 18.3 Å². The highest BCUT2D eigenvalue weighted by Gasteiger charge is 2.40. The molecule has 26 heavy (non-hydrogen) atoms. The van der Waals surface area contributed by atoms with E-state index in [9.17, 15) is 24.9 Å². The van der Waals surface area contributed by atoms with Crippen molar-refractivity contribution in [1.29, 1.82) is 0 Å². The molecule has 1 saturated carbocycles. The normalized spacial score (nSPS) is 25.4. The molecule has 4 N–H and O–H groups in total. The van der Waals surface area contributed by atoms with E-state index in [0.717, 1.165) is 32.1 Å². The van der Waals surface area contributed by atoms with E-state index in [-0.39, 0.29) is 36.6 Å². The van der Waals surface area contributed by atoms with Crippen LogP contribution in [0.5, 0.6) is 0 Å². The second-order valence-electron chi connectivity index (χ2n) is 7.87. The van der Waals surface area contributed by atoms with Crippen LogP contribution in [-0.4, -0.2) is 50.5 Å². The van der Waals surface area contributed by atoms with E-state index in [4.69, 9.17) is 5.11 Å². The van der Waals surface area contributed by atoms with Gasteiger partial charge >= 0.3 is 5.97 Å². The van der Waals surface area contributed by atoms with Crippen LogP contribution in [0.15, 0.2) is 0 Å². The second-order valence-corrected chi connectivity index (χ2v) is 7.87. The highest BCUT2D eigenvalue weighted by Crippen LogP contribution is 2.36. The Hall–Kier alpha value is -0.980. The van der Waals surface area contributed by atoms with Crippen molar-refractivity contribution in [3.05, 3.63) is 0 Å². The lowest BCUT2D eigenvalue weighted by atomic mass is 9.85. The van der Waals surface area contributed by atoms with E-state index in [0.29, 0.717) is 32.1 Å². The Morgan fingerprint density at radius 2 is 1.73 bits per heavy atom. The van der Waals surface area contributed by atoms with Crippen LogP contribution in [0.3, 0.4) is 0 Å². The molecule has 0 bridgehead atoms. The number of unbranched alkanes of at least 4 members (excludes halogenated alkanes) is 3. The largest absolute Gasteiger partial charge is 0.481 e. The van der Waals surface area contributed by atoms with E-state index in [1.165, 1.54) is 0 Å². The van der Waals surface area contributed by atoms with Gasteiger partial charge in [0, 0.05) is 18.8 Å². The van der Waals surface area contributed by atoms with E-state index >= 15 is 0 Å². The predicted octanol–water partition coefficient (Wildman–Crippen LogP) is 2.67. The van der Waals surface area contributed by atoms with Gasteiger partial charge in [0.1, 0.15) is 5.78 Å². The highest BCUT2D eigenvalue weighted by molar-refractivity contribution is 5.84.